The van der Waals surface area contributed by atoms with Gasteiger partial charge in [0, 0.05) is 31.7 Å². The lowest BCUT2D eigenvalue weighted by molar-refractivity contribution is -0.141. The van der Waals surface area contributed by atoms with Gasteiger partial charge in [-0.15, -0.1) is 0 Å². The molecule has 220 valence electrons. The van der Waals surface area contributed by atoms with E-state index in [1.54, 1.807) is 0 Å². The second-order valence-electron chi connectivity index (χ2n) is 10.7. The summed E-state index contributed by atoms with van der Waals surface area (Å²) in [5.41, 5.74) is 5.23. The zero-order valence-corrected chi connectivity index (χ0v) is 25.3. The van der Waals surface area contributed by atoms with Gasteiger partial charge in [-0.05, 0) is 42.2 Å². The molecule has 0 bridgehead atoms. The average molecular weight is 588 g/mol. The number of halogens is 1. The van der Waals surface area contributed by atoms with Crippen molar-refractivity contribution in [1.29, 1.82) is 0 Å². The predicted octanol–water partition coefficient (Wildman–Crippen LogP) is 7.25. The molecule has 7 nitrogen and oxygen atoms in total. The minimum atomic E-state index is -0.319. The van der Waals surface area contributed by atoms with Crippen LogP contribution >= 0.6 is 11.6 Å². The molecule has 3 aromatic carbocycles. The number of ether oxygens (including phenoxy) is 3. The third kappa shape index (κ3) is 6.97. The van der Waals surface area contributed by atoms with Crippen molar-refractivity contribution < 1.29 is 19.0 Å². The highest BCUT2D eigenvalue weighted by molar-refractivity contribution is 6.30. The number of rotatable bonds is 12. The fourth-order valence-corrected chi connectivity index (χ4v) is 5.52. The van der Waals surface area contributed by atoms with Gasteiger partial charge in [0.1, 0.15) is 19.0 Å². The molecule has 0 fully saturated rings. The van der Waals surface area contributed by atoms with Crippen molar-refractivity contribution in [3.8, 4) is 22.9 Å². The highest BCUT2D eigenvalue weighted by Gasteiger charge is 2.22. The quantitative estimate of drug-likeness (QED) is 0.163. The summed E-state index contributed by atoms with van der Waals surface area (Å²) in [6.45, 7) is 7.96. The number of imidazole rings is 1. The third-order valence-corrected chi connectivity index (χ3v) is 7.92. The van der Waals surface area contributed by atoms with E-state index in [1.165, 1.54) is 7.11 Å². The van der Waals surface area contributed by atoms with Crippen LogP contribution in [0.15, 0.2) is 72.8 Å². The topological polar surface area (TPSA) is 65.8 Å². The number of esters is 1. The van der Waals surface area contributed by atoms with Crippen LogP contribution in [0.3, 0.4) is 0 Å². The van der Waals surface area contributed by atoms with E-state index in [4.69, 9.17) is 30.8 Å². The lowest BCUT2D eigenvalue weighted by atomic mass is 10.00. The Bertz CT molecular complexity index is 1490. The van der Waals surface area contributed by atoms with E-state index in [1.807, 2.05) is 43.3 Å². The second kappa shape index (κ2) is 13.9. The smallest absolute Gasteiger partial charge is 0.312 e. The van der Waals surface area contributed by atoms with Crippen molar-refractivity contribution in [2.24, 2.45) is 0 Å². The lowest BCUT2D eigenvalue weighted by Gasteiger charge is -2.25. The zero-order valence-electron chi connectivity index (χ0n) is 24.5. The summed E-state index contributed by atoms with van der Waals surface area (Å²) in [7, 11) is 1.42. The molecule has 0 aliphatic carbocycles. The number of carbonyl (C=O) groups is 1. The molecule has 1 aliphatic rings. The molecule has 0 radical (unpaired) electrons. The first-order valence-electron chi connectivity index (χ1n) is 14.5. The summed E-state index contributed by atoms with van der Waals surface area (Å²) in [6, 6.07) is 24.5. The van der Waals surface area contributed by atoms with Gasteiger partial charge in [-0.3, -0.25) is 9.69 Å². The summed E-state index contributed by atoms with van der Waals surface area (Å²) in [5, 5.41) is 0.527. The maximum atomic E-state index is 12.1. The van der Waals surface area contributed by atoms with Crippen LogP contribution in [0.2, 0.25) is 5.15 Å². The van der Waals surface area contributed by atoms with Gasteiger partial charge in [0.05, 0.1) is 18.7 Å². The standard InChI is InChI=1S/C34H38ClN3O4/c1-4-5-17-38-29(32(35)36-33(38)28-9-7-6-8-10-28)23-37(22-26-13-16-30-31(20-26)42-19-18-41-30)21-25-11-14-27(15-12-25)24(2)34(39)40-3/h6-16,20,24H,4-5,17-19,21-23H2,1-3H3. The molecule has 8 heteroatoms. The highest BCUT2D eigenvalue weighted by atomic mass is 35.5. The normalized spacial score (nSPS) is 13.3. The van der Waals surface area contributed by atoms with Crippen LogP contribution in [0.1, 0.15) is 55.0 Å². The highest BCUT2D eigenvalue weighted by Crippen LogP contribution is 2.33. The molecule has 2 heterocycles. The van der Waals surface area contributed by atoms with Gasteiger partial charge in [0.25, 0.3) is 0 Å². The first-order chi connectivity index (χ1) is 20.5. The number of hydrogen-bond donors (Lipinski definition) is 0. The molecule has 42 heavy (non-hydrogen) atoms. The van der Waals surface area contributed by atoms with Crippen LogP contribution in [0.5, 0.6) is 11.5 Å². The van der Waals surface area contributed by atoms with Crippen molar-refractivity contribution in [3.63, 3.8) is 0 Å². The fraction of sp³-hybridized carbons (Fsp3) is 0.353. The van der Waals surface area contributed by atoms with E-state index < -0.39 is 0 Å². The van der Waals surface area contributed by atoms with Gasteiger partial charge in [-0.1, -0.05) is 85.6 Å². The molecule has 0 amide bonds. The minimum absolute atomic E-state index is 0.243. The number of nitrogens with zero attached hydrogens (tertiary/aromatic N) is 3. The lowest BCUT2D eigenvalue weighted by Crippen LogP contribution is -2.25. The molecule has 1 aliphatic heterocycles. The fourth-order valence-electron chi connectivity index (χ4n) is 5.28. The van der Waals surface area contributed by atoms with E-state index in [0.717, 1.165) is 64.7 Å². The van der Waals surface area contributed by atoms with Gasteiger partial charge in [0.2, 0.25) is 0 Å². The Balaban J connectivity index is 1.46. The van der Waals surface area contributed by atoms with Gasteiger partial charge in [-0.25, -0.2) is 4.98 Å². The van der Waals surface area contributed by atoms with Gasteiger partial charge < -0.3 is 18.8 Å². The van der Waals surface area contributed by atoms with Crippen LogP contribution in [0.4, 0.5) is 0 Å². The summed E-state index contributed by atoms with van der Waals surface area (Å²) >= 11 is 6.88. The molecular formula is C34H38ClN3O4. The molecule has 0 N–H and O–H groups in total. The van der Waals surface area contributed by atoms with Crippen LogP contribution in [-0.2, 0) is 35.7 Å². The van der Waals surface area contributed by atoms with E-state index in [9.17, 15) is 4.79 Å². The Morgan fingerprint density at radius 1 is 0.976 bits per heavy atom. The summed E-state index contributed by atoms with van der Waals surface area (Å²) in [5.74, 6) is 1.88. The van der Waals surface area contributed by atoms with Gasteiger partial charge in [-0.2, -0.15) is 0 Å². The summed E-state index contributed by atoms with van der Waals surface area (Å²) < 4.78 is 18.8. The van der Waals surface area contributed by atoms with E-state index in [0.29, 0.717) is 38.0 Å². The molecule has 0 spiro atoms. The molecule has 4 aromatic rings. The predicted molar refractivity (Wildman–Crippen MR) is 165 cm³/mol. The molecule has 1 unspecified atom stereocenters. The number of unbranched alkanes of at least 4 members (excludes halogenated alkanes) is 1. The van der Waals surface area contributed by atoms with Crippen molar-refractivity contribution in [3.05, 3.63) is 100 Å². The number of carbonyl (C=O) groups excluding carboxylic acids is 1. The Kier molecular flexibility index (Phi) is 9.82. The van der Waals surface area contributed by atoms with Crippen molar-refractivity contribution in [2.75, 3.05) is 20.3 Å². The summed E-state index contributed by atoms with van der Waals surface area (Å²) in [6.07, 6.45) is 2.10. The van der Waals surface area contributed by atoms with Gasteiger partial charge >= 0.3 is 5.97 Å². The maximum Gasteiger partial charge on any atom is 0.312 e. The first kappa shape index (κ1) is 29.7. The molecule has 0 saturated heterocycles. The van der Waals surface area contributed by atoms with Crippen molar-refractivity contribution in [2.45, 2.75) is 58.8 Å². The van der Waals surface area contributed by atoms with Crippen molar-refractivity contribution in [1.82, 2.24) is 14.5 Å². The molecule has 1 atom stereocenters. The molecule has 1 aromatic heterocycles. The number of fused-ring (bicyclic) bond motifs is 1. The Morgan fingerprint density at radius 2 is 1.67 bits per heavy atom. The number of benzene rings is 3. The van der Waals surface area contributed by atoms with Crippen molar-refractivity contribution >= 4 is 17.6 Å². The van der Waals surface area contributed by atoms with E-state index in [2.05, 4.69) is 52.8 Å². The van der Waals surface area contributed by atoms with Crippen LogP contribution in [0, 0.1) is 0 Å². The Morgan fingerprint density at radius 3 is 2.38 bits per heavy atom. The number of hydrogen-bond acceptors (Lipinski definition) is 6. The van der Waals surface area contributed by atoms with Crippen LogP contribution in [-0.4, -0.2) is 40.7 Å². The largest absolute Gasteiger partial charge is 0.486 e. The molecule has 5 rings (SSSR count). The Hall–Kier alpha value is -3.81. The Labute approximate surface area is 253 Å². The zero-order chi connectivity index (χ0) is 29.5. The average Bonchev–Trinajstić information content (AvgIpc) is 3.34. The minimum Gasteiger partial charge on any atom is -0.486 e. The monoisotopic (exact) mass is 587 g/mol. The second-order valence-corrected chi connectivity index (χ2v) is 11.0. The maximum absolute atomic E-state index is 12.1. The number of aromatic nitrogens is 2. The first-order valence-corrected chi connectivity index (χ1v) is 14.9. The van der Waals surface area contributed by atoms with Crippen LogP contribution < -0.4 is 9.47 Å². The van der Waals surface area contributed by atoms with E-state index >= 15 is 0 Å². The SMILES string of the molecule is CCCCn1c(-c2ccccc2)nc(Cl)c1CN(Cc1ccc(C(C)C(=O)OC)cc1)Cc1ccc2c(c1)OCCO2. The third-order valence-electron chi connectivity index (χ3n) is 7.62. The van der Waals surface area contributed by atoms with Gasteiger partial charge in [0.15, 0.2) is 16.7 Å². The molecular weight excluding hydrogens is 550 g/mol. The molecule has 0 saturated carbocycles. The van der Waals surface area contributed by atoms with Crippen LogP contribution in [0.25, 0.3) is 11.4 Å². The number of methoxy groups -OCH3 is 1. The summed E-state index contributed by atoms with van der Waals surface area (Å²) in [4.78, 5) is 19.3. The van der Waals surface area contributed by atoms with E-state index in [-0.39, 0.29) is 11.9 Å².